The second-order valence-corrected chi connectivity index (χ2v) is 5.91. The van der Waals surface area contributed by atoms with Crippen molar-refractivity contribution < 1.29 is 9.42 Å². The van der Waals surface area contributed by atoms with Crippen LogP contribution in [0.5, 0.6) is 0 Å². The standard InChI is InChI=1S/C15H19N5O3/c1-9-12(19-23-18-9)7-15(22)20-5-3-4-11(8-20)13-6-14(21)17-10(2)16-13/h6,11H,3-5,7-8H2,1-2H3,(H,16,17,21). The van der Waals surface area contributed by atoms with E-state index in [1.165, 1.54) is 6.07 Å². The number of carbonyl (C=O) groups is 1. The van der Waals surface area contributed by atoms with E-state index in [4.69, 9.17) is 0 Å². The van der Waals surface area contributed by atoms with Crippen molar-refractivity contribution in [1.82, 2.24) is 25.2 Å². The highest BCUT2D eigenvalue weighted by Crippen LogP contribution is 2.25. The number of nitrogens with zero attached hydrogens (tertiary/aromatic N) is 4. The Bertz CT molecular complexity index is 766. The Morgan fingerprint density at radius 1 is 1.43 bits per heavy atom. The van der Waals surface area contributed by atoms with Gasteiger partial charge in [0.25, 0.3) is 5.56 Å². The normalized spacial score (nSPS) is 18.2. The van der Waals surface area contributed by atoms with Crippen LogP contribution < -0.4 is 5.56 Å². The van der Waals surface area contributed by atoms with Crippen LogP contribution in [0.3, 0.4) is 0 Å². The van der Waals surface area contributed by atoms with E-state index in [1.807, 2.05) is 0 Å². The number of H-pyrrole nitrogens is 1. The third-order valence-corrected chi connectivity index (χ3v) is 4.14. The van der Waals surface area contributed by atoms with E-state index < -0.39 is 0 Å². The van der Waals surface area contributed by atoms with Gasteiger partial charge in [-0.25, -0.2) is 9.61 Å². The number of piperidine rings is 1. The molecule has 1 fully saturated rings. The molecular weight excluding hydrogens is 298 g/mol. The highest BCUT2D eigenvalue weighted by Gasteiger charge is 2.27. The Labute approximate surface area is 132 Å². The first-order valence-electron chi connectivity index (χ1n) is 7.66. The summed E-state index contributed by atoms with van der Waals surface area (Å²) in [6, 6.07) is 1.53. The van der Waals surface area contributed by atoms with Gasteiger partial charge in [-0.15, -0.1) is 0 Å². The van der Waals surface area contributed by atoms with Gasteiger partial charge in [0.05, 0.1) is 12.1 Å². The van der Waals surface area contributed by atoms with Crippen LogP contribution in [0.4, 0.5) is 0 Å². The van der Waals surface area contributed by atoms with Crippen LogP contribution in [0, 0.1) is 13.8 Å². The number of hydrogen-bond donors (Lipinski definition) is 1. The maximum Gasteiger partial charge on any atom is 0.251 e. The lowest BCUT2D eigenvalue weighted by molar-refractivity contribution is -0.131. The molecule has 122 valence electrons. The Kier molecular flexibility index (Phi) is 4.22. The van der Waals surface area contributed by atoms with E-state index in [0.29, 0.717) is 30.3 Å². The molecule has 0 bridgehead atoms. The molecular formula is C15H19N5O3. The lowest BCUT2D eigenvalue weighted by Crippen LogP contribution is -2.40. The monoisotopic (exact) mass is 317 g/mol. The number of carbonyl (C=O) groups excluding carboxylic acids is 1. The van der Waals surface area contributed by atoms with E-state index in [1.54, 1.807) is 18.7 Å². The van der Waals surface area contributed by atoms with E-state index in [-0.39, 0.29) is 23.8 Å². The van der Waals surface area contributed by atoms with E-state index in [0.717, 1.165) is 18.5 Å². The fourth-order valence-electron chi connectivity index (χ4n) is 2.92. The van der Waals surface area contributed by atoms with Crippen LogP contribution >= 0.6 is 0 Å². The van der Waals surface area contributed by atoms with Crippen LogP contribution in [0.25, 0.3) is 0 Å². The number of aromatic nitrogens is 4. The first kappa shape index (κ1) is 15.4. The average molecular weight is 317 g/mol. The summed E-state index contributed by atoms with van der Waals surface area (Å²) in [5, 5.41) is 7.45. The highest BCUT2D eigenvalue weighted by molar-refractivity contribution is 5.78. The van der Waals surface area contributed by atoms with Crippen molar-refractivity contribution in [2.75, 3.05) is 13.1 Å². The number of rotatable bonds is 3. The number of nitrogens with one attached hydrogen (secondary N) is 1. The lowest BCUT2D eigenvalue weighted by atomic mass is 9.94. The molecule has 1 unspecified atom stereocenters. The molecule has 3 rings (SSSR count). The van der Waals surface area contributed by atoms with E-state index >= 15 is 0 Å². The minimum atomic E-state index is -0.153. The number of amides is 1. The van der Waals surface area contributed by atoms with Gasteiger partial charge in [0.15, 0.2) is 0 Å². The summed E-state index contributed by atoms with van der Waals surface area (Å²) < 4.78 is 4.63. The van der Waals surface area contributed by atoms with Gasteiger partial charge in [0.1, 0.15) is 17.2 Å². The molecule has 0 spiro atoms. The van der Waals surface area contributed by atoms with Gasteiger partial charge in [-0.05, 0) is 26.7 Å². The molecule has 0 radical (unpaired) electrons. The second-order valence-electron chi connectivity index (χ2n) is 5.91. The molecule has 2 aromatic rings. The van der Waals surface area contributed by atoms with Crippen molar-refractivity contribution in [1.29, 1.82) is 0 Å². The van der Waals surface area contributed by atoms with Crippen LogP contribution in [0.15, 0.2) is 15.5 Å². The molecule has 1 aliphatic rings. The lowest BCUT2D eigenvalue weighted by Gasteiger charge is -2.32. The molecule has 3 heterocycles. The minimum absolute atomic E-state index is 0.00457. The summed E-state index contributed by atoms with van der Waals surface area (Å²) in [6.07, 6.45) is 1.99. The summed E-state index contributed by atoms with van der Waals surface area (Å²) in [7, 11) is 0. The molecule has 23 heavy (non-hydrogen) atoms. The van der Waals surface area contributed by atoms with Gasteiger partial charge >= 0.3 is 0 Å². The summed E-state index contributed by atoms with van der Waals surface area (Å²) in [5.41, 5.74) is 1.81. The summed E-state index contributed by atoms with van der Waals surface area (Å²) in [4.78, 5) is 32.9. The van der Waals surface area contributed by atoms with Crippen LogP contribution in [0.2, 0.25) is 0 Å². The van der Waals surface area contributed by atoms with Crippen LogP contribution in [-0.2, 0) is 11.2 Å². The Morgan fingerprint density at radius 2 is 2.26 bits per heavy atom. The van der Waals surface area contributed by atoms with Crippen molar-refractivity contribution >= 4 is 5.91 Å². The van der Waals surface area contributed by atoms with Gasteiger partial charge in [-0.3, -0.25) is 9.59 Å². The van der Waals surface area contributed by atoms with Gasteiger partial charge in [-0.2, -0.15) is 0 Å². The van der Waals surface area contributed by atoms with E-state index in [2.05, 4.69) is 24.9 Å². The first-order valence-corrected chi connectivity index (χ1v) is 7.66. The summed E-state index contributed by atoms with van der Waals surface area (Å²) >= 11 is 0. The third-order valence-electron chi connectivity index (χ3n) is 4.14. The maximum absolute atomic E-state index is 12.5. The Balaban J connectivity index is 1.71. The molecule has 0 saturated carbocycles. The molecule has 0 aliphatic carbocycles. The number of aromatic amines is 1. The van der Waals surface area contributed by atoms with Gasteiger partial charge in [-0.1, -0.05) is 10.3 Å². The fraction of sp³-hybridized carbons (Fsp3) is 0.533. The molecule has 1 atom stereocenters. The van der Waals surface area contributed by atoms with Crippen molar-refractivity contribution in [2.45, 2.75) is 39.0 Å². The van der Waals surface area contributed by atoms with Crippen molar-refractivity contribution in [2.24, 2.45) is 0 Å². The fourth-order valence-corrected chi connectivity index (χ4v) is 2.92. The van der Waals surface area contributed by atoms with E-state index in [9.17, 15) is 9.59 Å². The summed E-state index contributed by atoms with van der Waals surface area (Å²) in [6.45, 7) is 4.80. The van der Waals surface area contributed by atoms with Crippen LogP contribution in [-0.4, -0.2) is 44.2 Å². The number of hydrogen-bond acceptors (Lipinski definition) is 6. The van der Waals surface area contributed by atoms with Crippen molar-refractivity contribution in [3.63, 3.8) is 0 Å². The predicted molar refractivity (Wildman–Crippen MR) is 80.9 cm³/mol. The van der Waals surface area contributed by atoms with Gasteiger partial charge < -0.3 is 9.88 Å². The quantitative estimate of drug-likeness (QED) is 0.894. The van der Waals surface area contributed by atoms with Crippen molar-refractivity contribution in [3.8, 4) is 0 Å². The SMILES string of the molecule is Cc1nc(C2CCCN(C(=O)Cc3nonc3C)C2)cc(=O)[nH]1. The highest BCUT2D eigenvalue weighted by atomic mass is 16.6. The molecule has 0 aromatic carbocycles. The predicted octanol–water partition coefficient (Wildman–Crippen LogP) is 0.718. The zero-order valence-electron chi connectivity index (χ0n) is 13.2. The minimum Gasteiger partial charge on any atom is -0.342 e. The largest absolute Gasteiger partial charge is 0.342 e. The zero-order valence-corrected chi connectivity index (χ0v) is 13.2. The molecule has 1 aliphatic heterocycles. The zero-order chi connectivity index (χ0) is 16.4. The third kappa shape index (κ3) is 3.46. The molecule has 1 N–H and O–H groups in total. The van der Waals surface area contributed by atoms with Crippen molar-refractivity contribution in [3.05, 3.63) is 39.3 Å². The number of likely N-dealkylation sites (tertiary alicyclic amines) is 1. The van der Waals surface area contributed by atoms with Gasteiger partial charge in [0, 0.05) is 25.1 Å². The molecule has 8 nitrogen and oxygen atoms in total. The smallest absolute Gasteiger partial charge is 0.251 e. The Hall–Kier alpha value is -2.51. The molecule has 2 aromatic heterocycles. The first-order chi connectivity index (χ1) is 11.0. The topological polar surface area (TPSA) is 105 Å². The molecule has 1 amide bonds. The Morgan fingerprint density at radius 3 is 2.96 bits per heavy atom. The average Bonchev–Trinajstić information content (AvgIpc) is 2.91. The van der Waals surface area contributed by atoms with Gasteiger partial charge in [0.2, 0.25) is 5.91 Å². The molecule has 8 heteroatoms. The molecule has 1 saturated heterocycles. The summed E-state index contributed by atoms with van der Waals surface area (Å²) in [5.74, 6) is 0.681. The number of aryl methyl sites for hydroxylation is 2. The van der Waals surface area contributed by atoms with Crippen LogP contribution in [0.1, 0.15) is 41.7 Å². The maximum atomic E-state index is 12.5. The second kappa shape index (κ2) is 6.31.